The summed E-state index contributed by atoms with van der Waals surface area (Å²) in [4.78, 5) is 4.72. The molecule has 2 N–H and O–H groups in total. The zero-order valence-electron chi connectivity index (χ0n) is 9.97. The van der Waals surface area contributed by atoms with Crippen LogP contribution in [0.15, 0.2) is 36.4 Å². The average molecular weight is 226 g/mol. The SMILES string of the molecule is NCC1CCC1Cc1ccc2ccccc2n1. The van der Waals surface area contributed by atoms with Crippen LogP contribution < -0.4 is 5.73 Å². The molecule has 2 aromatic rings. The van der Waals surface area contributed by atoms with Crippen LogP contribution >= 0.6 is 0 Å². The molecular formula is C15H18N2. The Hall–Kier alpha value is -1.41. The fourth-order valence-electron chi connectivity index (χ4n) is 2.71. The Balaban J connectivity index is 1.81. The van der Waals surface area contributed by atoms with Gasteiger partial charge in [-0.1, -0.05) is 24.3 Å². The van der Waals surface area contributed by atoms with E-state index in [9.17, 15) is 0 Å². The maximum atomic E-state index is 5.75. The summed E-state index contributed by atoms with van der Waals surface area (Å²) >= 11 is 0. The van der Waals surface area contributed by atoms with Crippen molar-refractivity contribution in [1.29, 1.82) is 0 Å². The third kappa shape index (κ3) is 2.05. The molecule has 88 valence electrons. The summed E-state index contributed by atoms with van der Waals surface area (Å²) in [7, 11) is 0. The average Bonchev–Trinajstić information content (AvgIpc) is 2.35. The number of pyridine rings is 1. The topological polar surface area (TPSA) is 38.9 Å². The normalized spacial score (nSPS) is 23.6. The van der Waals surface area contributed by atoms with Gasteiger partial charge in [-0.15, -0.1) is 0 Å². The quantitative estimate of drug-likeness (QED) is 0.874. The second-order valence-corrected chi connectivity index (χ2v) is 5.03. The van der Waals surface area contributed by atoms with Gasteiger partial charge in [0.05, 0.1) is 5.52 Å². The molecule has 1 heterocycles. The van der Waals surface area contributed by atoms with Crippen molar-refractivity contribution in [3.63, 3.8) is 0 Å². The molecule has 2 atom stereocenters. The van der Waals surface area contributed by atoms with Crippen molar-refractivity contribution in [3.8, 4) is 0 Å². The highest BCUT2D eigenvalue weighted by molar-refractivity contribution is 5.78. The Labute approximate surface area is 102 Å². The number of benzene rings is 1. The summed E-state index contributed by atoms with van der Waals surface area (Å²) in [5, 5.41) is 1.22. The van der Waals surface area contributed by atoms with Gasteiger partial charge in [-0.05, 0) is 49.8 Å². The second kappa shape index (κ2) is 4.46. The van der Waals surface area contributed by atoms with Crippen LogP contribution in [0.3, 0.4) is 0 Å². The Morgan fingerprint density at radius 2 is 1.88 bits per heavy atom. The number of para-hydroxylation sites is 1. The fourth-order valence-corrected chi connectivity index (χ4v) is 2.71. The highest BCUT2D eigenvalue weighted by Crippen LogP contribution is 2.35. The zero-order chi connectivity index (χ0) is 11.7. The van der Waals surface area contributed by atoms with E-state index in [0.717, 1.165) is 30.3 Å². The molecule has 1 aromatic heterocycles. The highest BCUT2D eigenvalue weighted by Gasteiger charge is 2.29. The molecule has 2 heteroatoms. The van der Waals surface area contributed by atoms with Gasteiger partial charge in [-0.25, -0.2) is 0 Å². The molecule has 1 saturated carbocycles. The van der Waals surface area contributed by atoms with Crippen LogP contribution in [0, 0.1) is 11.8 Å². The Kier molecular flexibility index (Phi) is 2.81. The van der Waals surface area contributed by atoms with Crippen molar-refractivity contribution < 1.29 is 0 Å². The zero-order valence-corrected chi connectivity index (χ0v) is 9.97. The lowest BCUT2D eigenvalue weighted by molar-refractivity contribution is 0.182. The Bertz CT molecular complexity index is 519. The number of nitrogens with two attached hydrogens (primary N) is 1. The molecule has 0 radical (unpaired) electrons. The van der Waals surface area contributed by atoms with Gasteiger partial charge in [0.2, 0.25) is 0 Å². The largest absolute Gasteiger partial charge is 0.330 e. The van der Waals surface area contributed by atoms with Gasteiger partial charge >= 0.3 is 0 Å². The van der Waals surface area contributed by atoms with Crippen LogP contribution in [0.5, 0.6) is 0 Å². The van der Waals surface area contributed by atoms with Crippen LogP contribution in [-0.2, 0) is 6.42 Å². The van der Waals surface area contributed by atoms with E-state index in [4.69, 9.17) is 10.7 Å². The Morgan fingerprint density at radius 3 is 2.65 bits per heavy atom. The molecule has 0 bridgehead atoms. The van der Waals surface area contributed by atoms with Crippen LogP contribution in [0.1, 0.15) is 18.5 Å². The minimum absolute atomic E-state index is 0.725. The molecule has 3 rings (SSSR count). The highest BCUT2D eigenvalue weighted by atomic mass is 14.7. The van der Waals surface area contributed by atoms with Gasteiger partial charge in [0, 0.05) is 11.1 Å². The molecule has 0 spiro atoms. The molecule has 2 unspecified atom stereocenters. The van der Waals surface area contributed by atoms with Gasteiger partial charge in [-0.2, -0.15) is 0 Å². The molecule has 1 aromatic carbocycles. The third-order valence-electron chi connectivity index (χ3n) is 4.01. The van der Waals surface area contributed by atoms with E-state index in [1.54, 1.807) is 0 Å². The van der Waals surface area contributed by atoms with E-state index >= 15 is 0 Å². The summed E-state index contributed by atoms with van der Waals surface area (Å²) in [6, 6.07) is 12.6. The number of hydrogen-bond acceptors (Lipinski definition) is 2. The molecule has 1 fully saturated rings. The molecule has 0 saturated heterocycles. The van der Waals surface area contributed by atoms with Crippen LogP contribution in [0.4, 0.5) is 0 Å². The lowest BCUT2D eigenvalue weighted by atomic mass is 9.71. The summed E-state index contributed by atoms with van der Waals surface area (Å²) in [6.07, 6.45) is 3.71. The van der Waals surface area contributed by atoms with Crippen LogP contribution in [0.2, 0.25) is 0 Å². The van der Waals surface area contributed by atoms with Crippen molar-refractivity contribution in [1.82, 2.24) is 4.98 Å². The van der Waals surface area contributed by atoms with E-state index in [0.29, 0.717) is 0 Å². The summed E-state index contributed by atoms with van der Waals surface area (Å²) < 4.78 is 0. The first-order chi connectivity index (χ1) is 8.36. The summed E-state index contributed by atoms with van der Waals surface area (Å²) in [5.41, 5.74) is 8.07. The Morgan fingerprint density at radius 1 is 1.06 bits per heavy atom. The summed E-state index contributed by atoms with van der Waals surface area (Å²) in [5.74, 6) is 1.48. The van der Waals surface area contributed by atoms with Gasteiger partial charge < -0.3 is 5.73 Å². The first kappa shape index (κ1) is 10.7. The number of fused-ring (bicyclic) bond motifs is 1. The first-order valence-corrected chi connectivity index (χ1v) is 6.41. The van der Waals surface area contributed by atoms with E-state index < -0.39 is 0 Å². The van der Waals surface area contributed by atoms with E-state index in [1.165, 1.54) is 23.9 Å². The predicted octanol–water partition coefficient (Wildman–Crippen LogP) is 2.76. The maximum Gasteiger partial charge on any atom is 0.0705 e. The monoisotopic (exact) mass is 226 g/mol. The predicted molar refractivity (Wildman–Crippen MR) is 70.7 cm³/mol. The molecule has 0 aliphatic heterocycles. The molecule has 1 aliphatic carbocycles. The first-order valence-electron chi connectivity index (χ1n) is 6.41. The van der Waals surface area contributed by atoms with E-state index in [-0.39, 0.29) is 0 Å². The summed E-state index contributed by atoms with van der Waals surface area (Å²) in [6.45, 7) is 0.832. The molecule has 0 amide bonds. The molecule has 2 nitrogen and oxygen atoms in total. The van der Waals surface area contributed by atoms with Crippen molar-refractivity contribution in [2.24, 2.45) is 17.6 Å². The number of aromatic nitrogens is 1. The molecular weight excluding hydrogens is 208 g/mol. The van der Waals surface area contributed by atoms with Crippen molar-refractivity contribution >= 4 is 10.9 Å². The van der Waals surface area contributed by atoms with Gasteiger partial charge in [0.15, 0.2) is 0 Å². The lowest BCUT2D eigenvalue weighted by Crippen LogP contribution is -2.33. The van der Waals surface area contributed by atoms with Crippen molar-refractivity contribution in [3.05, 3.63) is 42.1 Å². The third-order valence-corrected chi connectivity index (χ3v) is 4.01. The van der Waals surface area contributed by atoms with Crippen LogP contribution in [0.25, 0.3) is 10.9 Å². The number of hydrogen-bond donors (Lipinski definition) is 1. The van der Waals surface area contributed by atoms with Crippen LogP contribution in [-0.4, -0.2) is 11.5 Å². The molecule has 17 heavy (non-hydrogen) atoms. The standard InChI is InChI=1S/C15H18N2/c16-10-13-6-5-12(13)9-14-8-7-11-3-1-2-4-15(11)17-14/h1-4,7-8,12-13H,5-6,9-10,16H2. The maximum absolute atomic E-state index is 5.75. The van der Waals surface area contributed by atoms with Gasteiger partial charge in [0.25, 0.3) is 0 Å². The minimum Gasteiger partial charge on any atom is -0.330 e. The fraction of sp³-hybridized carbons (Fsp3) is 0.400. The van der Waals surface area contributed by atoms with Crippen molar-refractivity contribution in [2.75, 3.05) is 6.54 Å². The minimum atomic E-state index is 0.725. The smallest absolute Gasteiger partial charge is 0.0705 e. The van der Waals surface area contributed by atoms with Crippen molar-refractivity contribution in [2.45, 2.75) is 19.3 Å². The van der Waals surface area contributed by atoms with E-state index in [2.05, 4.69) is 30.3 Å². The number of rotatable bonds is 3. The van der Waals surface area contributed by atoms with E-state index in [1.807, 2.05) is 6.07 Å². The van der Waals surface area contributed by atoms with Gasteiger partial charge in [0.1, 0.15) is 0 Å². The number of nitrogens with zero attached hydrogens (tertiary/aromatic N) is 1. The van der Waals surface area contributed by atoms with Gasteiger partial charge in [-0.3, -0.25) is 4.98 Å². The molecule has 1 aliphatic rings. The lowest BCUT2D eigenvalue weighted by Gasteiger charge is -2.35. The second-order valence-electron chi connectivity index (χ2n) is 5.03.